The third-order valence-electron chi connectivity index (χ3n) is 1.92. The first-order valence-corrected chi connectivity index (χ1v) is 5.77. The van der Waals surface area contributed by atoms with Gasteiger partial charge in [-0.15, -0.1) is 16.7 Å². The van der Waals surface area contributed by atoms with Gasteiger partial charge in [-0.1, -0.05) is 35.5 Å². The standard InChI is InChI=1S/C10H11N3O2S/c1-16-9(7-11)10(12-15-13-14)8-5-3-2-4-6-8/h2-7,9,11H,1H3/b11-7?,12-10-. The van der Waals surface area contributed by atoms with Gasteiger partial charge in [-0.2, -0.15) is 0 Å². The average Bonchev–Trinajstić information content (AvgIpc) is 2.35. The van der Waals surface area contributed by atoms with Crippen LogP contribution in [-0.4, -0.2) is 23.4 Å². The van der Waals surface area contributed by atoms with E-state index in [1.54, 1.807) is 0 Å². The molecule has 0 spiro atoms. The van der Waals surface area contributed by atoms with Crippen molar-refractivity contribution in [2.75, 3.05) is 6.26 Å². The van der Waals surface area contributed by atoms with Crippen LogP contribution in [0.1, 0.15) is 5.56 Å². The molecule has 0 heterocycles. The monoisotopic (exact) mass is 237 g/mol. The van der Waals surface area contributed by atoms with Gasteiger partial charge in [-0.05, 0) is 6.26 Å². The van der Waals surface area contributed by atoms with Crippen LogP contribution in [0.2, 0.25) is 0 Å². The molecule has 1 rings (SSSR count). The predicted molar refractivity (Wildman–Crippen MR) is 65.9 cm³/mol. The van der Waals surface area contributed by atoms with E-state index in [4.69, 9.17) is 5.41 Å². The van der Waals surface area contributed by atoms with Crippen molar-refractivity contribution in [1.82, 2.24) is 0 Å². The fourth-order valence-corrected chi connectivity index (χ4v) is 1.74. The third-order valence-corrected chi connectivity index (χ3v) is 2.78. The Balaban J connectivity index is 3.05. The van der Waals surface area contributed by atoms with Gasteiger partial charge in [0.1, 0.15) is 5.71 Å². The molecule has 0 aliphatic rings. The van der Waals surface area contributed by atoms with E-state index in [9.17, 15) is 4.91 Å². The van der Waals surface area contributed by atoms with Crippen LogP contribution in [0.5, 0.6) is 0 Å². The summed E-state index contributed by atoms with van der Waals surface area (Å²) in [6.07, 6.45) is 3.09. The second-order valence-electron chi connectivity index (χ2n) is 2.82. The summed E-state index contributed by atoms with van der Waals surface area (Å²) in [5.41, 5.74) is 1.30. The molecule has 1 aromatic rings. The first-order chi connectivity index (χ1) is 7.83. The Bertz CT molecular complexity index is 381. The van der Waals surface area contributed by atoms with Gasteiger partial charge in [0.15, 0.2) is 5.34 Å². The minimum absolute atomic E-state index is 0.260. The Hall–Kier alpha value is -1.69. The molecule has 0 aliphatic heterocycles. The first-order valence-electron chi connectivity index (χ1n) is 4.49. The molecule has 0 saturated carbocycles. The maximum atomic E-state index is 9.90. The molecule has 0 aliphatic carbocycles. The number of rotatable bonds is 6. The highest BCUT2D eigenvalue weighted by atomic mass is 32.2. The van der Waals surface area contributed by atoms with E-state index in [-0.39, 0.29) is 5.25 Å². The molecule has 0 radical (unpaired) electrons. The molecule has 1 N–H and O–H groups in total. The normalized spacial score (nSPS) is 12.9. The molecule has 0 fully saturated rings. The van der Waals surface area contributed by atoms with Crippen molar-refractivity contribution in [2.45, 2.75) is 5.25 Å². The van der Waals surface area contributed by atoms with Crippen LogP contribution < -0.4 is 0 Å². The molecule has 1 unspecified atom stereocenters. The highest BCUT2D eigenvalue weighted by Crippen LogP contribution is 2.13. The number of hydrogen-bond acceptors (Lipinski definition) is 6. The Labute approximate surface area is 97.3 Å². The number of nitrogens with one attached hydrogen (secondary N) is 1. The van der Waals surface area contributed by atoms with Crippen LogP contribution >= 0.6 is 11.8 Å². The quantitative estimate of drug-likeness (QED) is 0.469. The van der Waals surface area contributed by atoms with E-state index >= 15 is 0 Å². The van der Waals surface area contributed by atoms with Gasteiger partial charge in [0.2, 0.25) is 0 Å². The Kier molecular flexibility index (Phi) is 5.21. The molecule has 6 heteroatoms. The molecule has 84 valence electrons. The lowest BCUT2D eigenvalue weighted by Gasteiger charge is -2.10. The molecular formula is C10H11N3O2S. The largest absolute Gasteiger partial charge is 0.312 e. The maximum Gasteiger partial charge on any atom is 0.184 e. The van der Waals surface area contributed by atoms with Crippen LogP contribution in [-0.2, 0) is 4.94 Å². The summed E-state index contributed by atoms with van der Waals surface area (Å²) in [6.45, 7) is 0. The third kappa shape index (κ3) is 3.16. The van der Waals surface area contributed by atoms with Crippen molar-refractivity contribution >= 4 is 23.7 Å². The van der Waals surface area contributed by atoms with Gasteiger partial charge in [0.05, 0.1) is 5.25 Å². The van der Waals surface area contributed by atoms with Crippen LogP contribution in [0.3, 0.4) is 0 Å². The first kappa shape index (κ1) is 12.4. The van der Waals surface area contributed by atoms with Gasteiger partial charge in [-0.3, -0.25) is 0 Å². The Morgan fingerprint density at radius 1 is 1.50 bits per heavy atom. The zero-order valence-electron chi connectivity index (χ0n) is 8.66. The number of benzene rings is 1. The number of thioether (sulfide) groups is 1. The Morgan fingerprint density at radius 3 is 2.69 bits per heavy atom. The van der Waals surface area contributed by atoms with Gasteiger partial charge in [0, 0.05) is 11.8 Å². The van der Waals surface area contributed by atoms with E-state index in [2.05, 4.69) is 15.4 Å². The summed E-state index contributed by atoms with van der Waals surface area (Å²) in [4.78, 5) is 14.1. The van der Waals surface area contributed by atoms with Gasteiger partial charge >= 0.3 is 0 Å². The topological polar surface area (TPSA) is 74.9 Å². The van der Waals surface area contributed by atoms with Crippen molar-refractivity contribution in [3.05, 3.63) is 40.8 Å². The lowest BCUT2D eigenvalue weighted by Crippen LogP contribution is -2.19. The molecule has 5 nitrogen and oxygen atoms in total. The summed E-state index contributed by atoms with van der Waals surface area (Å²) in [7, 11) is 0. The van der Waals surface area contributed by atoms with Crippen molar-refractivity contribution in [3.8, 4) is 0 Å². The number of hydrogen-bond donors (Lipinski definition) is 1. The zero-order chi connectivity index (χ0) is 11.8. The van der Waals surface area contributed by atoms with Gasteiger partial charge < -0.3 is 5.41 Å². The van der Waals surface area contributed by atoms with Crippen molar-refractivity contribution in [1.29, 1.82) is 5.41 Å². The minimum atomic E-state index is -0.260. The second kappa shape index (κ2) is 6.73. The van der Waals surface area contributed by atoms with Crippen LogP contribution in [0.25, 0.3) is 0 Å². The van der Waals surface area contributed by atoms with Crippen LogP contribution in [0.4, 0.5) is 0 Å². The SMILES string of the molecule is CSC(C=N)/C(=N\ON=O)c1ccccc1. The highest BCUT2D eigenvalue weighted by Gasteiger charge is 2.15. The molecule has 16 heavy (non-hydrogen) atoms. The molecule has 0 saturated heterocycles. The van der Waals surface area contributed by atoms with E-state index in [1.165, 1.54) is 18.0 Å². The molecule has 0 amide bonds. The summed E-state index contributed by atoms with van der Waals surface area (Å²) in [5.74, 6) is 0. The van der Waals surface area contributed by atoms with E-state index in [0.29, 0.717) is 5.71 Å². The fourth-order valence-electron chi connectivity index (χ4n) is 1.20. The lowest BCUT2D eigenvalue weighted by molar-refractivity contribution is 0.150. The smallest absolute Gasteiger partial charge is 0.184 e. The molecule has 1 atom stereocenters. The van der Waals surface area contributed by atoms with E-state index in [1.807, 2.05) is 36.6 Å². The van der Waals surface area contributed by atoms with E-state index < -0.39 is 0 Å². The highest BCUT2D eigenvalue weighted by molar-refractivity contribution is 8.00. The zero-order valence-corrected chi connectivity index (χ0v) is 9.48. The fraction of sp³-hybridized carbons (Fsp3) is 0.200. The Morgan fingerprint density at radius 2 is 2.19 bits per heavy atom. The molecule has 1 aromatic carbocycles. The summed E-state index contributed by atoms with van der Waals surface area (Å²) >= 11 is 1.43. The minimum Gasteiger partial charge on any atom is -0.312 e. The number of nitrogens with zero attached hydrogens (tertiary/aromatic N) is 2. The van der Waals surface area contributed by atoms with Gasteiger partial charge in [-0.25, -0.2) is 4.94 Å². The lowest BCUT2D eigenvalue weighted by atomic mass is 10.1. The van der Waals surface area contributed by atoms with Crippen LogP contribution in [0.15, 0.2) is 40.8 Å². The van der Waals surface area contributed by atoms with Crippen molar-refractivity contribution in [3.63, 3.8) is 0 Å². The van der Waals surface area contributed by atoms with Crippen molar-refractivity contribution < 1.29 is 4.94 Å². The second-order valence-corrected chi connectivity index (χ2v) is 3.80. The van der Waals surface area contributed by atoms with Crippen molar-refractivity contribution in [2.24, 2.45) is 10.5 Å². The number of oxime groups is 1. The molecule has 0 bridgehead atoms. The summed E-state index contributed by atoms with van der Waals surface area (Å²) in [6, 6.07) is 9.24. The van der Waals surface area contributed by atoms with Gasteiger partial charge in [0.25, 0.3) is 0 Å². The molecule has 0 aromatic heterocycles. The predicted octanol–water partition coefficient (Wildman–Crippen LogP) is 2.47. The summed E-state index contributed by atoms with van der Waals surface area (Å²) in [5, 5.41) is 12.9. The molecular weight excluding hydrogens is 226 g/mol. The van der Waals surface area contributed by atoms with Crippen LogP contribution in [0, 0.1) is 10.3 Å². The van der Waals surface area contributed by atoms with E-state index in [0.717, 1.165) is 5.56 Å². The maximum absolute atomic E-state index is 9.90. The summed E-state index contributed by atoms with van der Waals surface area (Å²) < 4.78 is 0. The average molecular weight is 237 g/mol.